The second-order valence-corrected chi connectivity index (χ2v) is 4.01. The summed E-state index contributed by atoms with van der Waals surface area (Å²) in [4.78, 5) is 16.6. The number of rotatable bonds is 1. The first-order chi connectivity index (χ1) is 6.99. The highest BCUT2D eigenvalue weighted by Crippen LogP contribution is 2.22. The molecule has 1 amide bonds. The van der Waals surface area contributed by atoms with Crippen LogP contribution in [0.1, 0.15) is 17.3 Å². The molecule has 1 fully saturated rings. The zero-order valence-corrected chi connectivity index (χ0v) is 8.27. The van der Waals surface area contributed by atoms with Crippen LogP contribution in [0.5, 0.6) is 0 Å². The molecule has 15 heavy (non-hydrogen) atoms. The van der Waals surface area contributed by atoms with Gasteiger partial charge < -0.3 is 10.0 Å². The van der Waals surface area contributed by atoms with Crippen molar-refractivity contribution in [2.75, 3.05) is 13.1 Å². The van der Waals surface area contributed by atoms with E-state index in [0.29, 0.717) is 0 Å². The van der Waals surface area contributed by atoms with Crippen molar-refractivity contribution in [3.05, 3.63) is 29.8 Å². The smallest absolute Gasteiger partial charge is 0.257 e. The second kappa shape index (κ2) is 3.27. The molecule has 2 heterocycles. The zero-order chi connectivity index (χ0) is 11.1. The largest absolute Gasteiger partial charge is 0.386 e. The summed E-state index contributed by atoms with van der Waals surface area (Å²) >= 11 is 0. The lowest BCUT2D eigenvalue weighted by Crippen LogP contribution is -2.61. The Hall–Kier alpha value is -1.49. The molecule has 1 aliphatic rings. The third kappa shape index (κ3) is 1.83. The summed E-state index contributed by atoms with van der Waals surface area (Å²) < 4.78 is 13.2. The van der Waals surface area contributed by atoms with Gasteiger partial charge in [0, 0.05) is 6.20 Å². The van der Waals surface area contributed by atoms with Gasteiger partial charge in [-0.15, -0.1) is 0 Å². The Balaban J connectivity index is 2.14. The van der Waals surface area contributed by atoms with E-state index in [2.05, 4.69) is 4.98 Å². The van der Waals surface area contributed by atoms with Gasteiger partial charge in [0.05, 0.1) is 30.5 Å². The highest BCUT2D eigenvalue weighted by Gasteiger charge is 2.40. The molecule has 1 aliphatic heterocycles. The van der Waals surface area contributed by atoms with E-state index in [9.17, 15) is 14.3 Å². The third-order valence-electron chi connectivity index (χ3n) is 2.35. The Kier molecular flexibility index (Phi) is 2.19. The quantitative estimate of drug-likeness (QED) is 0.731. The molecular weight excluding hydrogens is 199 g/mol. The summed E-state index contributed by atoms with van der Waals surface area (Å²) in [5.41, 5.74) is -0.834. The minimum absolute atomic E-state index is 0.000463. The lowest BCUT2D eigenvalue weighted by atomic mass is 9.96. The molecule has 0 aromatic carbocycles. The highest BCUT2D eigenvalue weighted by atomic mass is 19.1. The van der Waals surface area contributed by atoms with Crippen LogP contribution in [0, 0.1) is 5.82 Å². The molecule has 0 spiro atoms. The summed E-state index contributed by atoms with van der Waals surface area (Å²) in [6.45, 7) is 2.13. The topological polar surface area (TPSA) is 53.4 Å². The van der Waals surface area contributed by atoms with Crippen LogP contribution < -0.4 is 0 Å². The van der Waals surface area contributed by atoms with Gasteiger partial charge in [0.15, 0.2) is 5.82 Å². The lowest BCUT2D eigenvalue weighted by Gasteiger charge is -2.44. The van der Waals surface area contributed by atoms with Gasteiger partial charge in [0.25, 0.3) is 5.91 Å². The van der Waals surface area contributed by atoms with Crippen molar-refractivity contribution in [3.8, 4) is 0 Å². The molecule has 1 saturated heterocycles. The lowest BCUT2D eigenvalue weighted by molar-refractivity contribution is -0.0670. The van der Waals surface area contributed by atoms with Crippen LogP contribution in [0.25, 0.3) is 0 Å². The van der Waals surface area contributed by atoms with Gasteiger partial charge in [-0.2, -0.15) is 0 Å². The Morgan fingerprint density at radius 2 is 2.33 bits per heavy atom. The number of hydrogen-bond donors (Lipinski definition) is 1. The van der Waals surface area contributed by atoms with Crippen LogP contribution in [0.3, 0.4) is 0 Å². The van der Waals surface area contributed by atoms with Crippen LogP contribution in [0.2, 0.25) is 0 Å². The van der Waals surface area contributed by atoms with Crippen molar-refractivity contribution in [2.45, 2.75) is 12.5 Å². The predicted molar refractivity (Wildman–Crippen MR) is 50.7 cm³/mol. The number of nitrogens with zero attached hydrogens (tertiary/aromatic N) is 2. The highest BCUT2D eigenvalue weighted by molar-refractivity contribution is 5.95. The van der Waals surface area contributed by atoms with Crippen LogP contribution in [0.4, 0.5) is 4.39 Å². The van der Waals surface area contributed by atoms with Gasteiger partial charge in [-0.05, 0) is 13.0 Å². The number of hydrogen-bond acceptors (Lipinski definition) is 3. The molecule has 2 rings (SSSR count). The van der Waals surface area contributed by atoms with E-state index in [0.717, 1.165) is 6.20 Å². The molecule has 5 heteroatoms. The molecule has 0 radical (unpaired) electrons. The van der Waals surface area contributed by atoms with Crippen LogP contribution >= 0.6 is 0 Å². The minimum atomic E-state index is -0.834. The van der Waals surface area contributed by atoms with E-state index in [1.165, 1.54) is 17.2 Å². The first-order valence-corrected chi connectivity index (χ1v) is 4.61. The molecule has 1 aromatic heterocycles. The van der Waals surface area contributed by atoms with Crippen molar-refractivity contribution in [1.29, 1.82) is 0 Å². The summed E-state index contributed by atoms with van der Waals surface area (Å²) in [5.74, 6) is -1.03. The molecule has 0 saturated carbocycles. The SMILES string of the molecule is CC1(O)CN(C(=O)c2ccncc2F)C1. The molecule has 4 nitrogen and oxygen atoms in total. The van der Waals surface area contributed by atoms with Crippen molar-refractivity contribution < 1.29 is 14.3 Å². The first kappa shape index (κ1) is 10.0. The Bertz CT molecular complexity index is 398. The van der Waals surface area contributed by atoms with Gasteiger partial charge in [0.2, 0.25) is 0 Å². The van der Waals surface area contributed by atoms with E-state index in [4.69, 9.17) is 0 Å². The van der Waals surface area contributed by atoms with E-state index in [1.807, 2.05) is 0 Å². The normalized spacial score (nSPS) is 18.5. The minimum Gasteiger partial charge on any atom is -0.386 e. The number of aliphatic hydroxyl groups is 1. The van der Waals surface area contributed by atoms with Gasteiger partial charge in [0.1, 0.15) is 0 Å². The van der Waals surface area contributed by atoms with Crippen LogP contribution in [0.15, 0.2) is 18.5 Å². The maximum absolute atomic E-state index is 13.2. The molecular formula is C10H11FN2O2. The van der Waals surface area contributed by atoms with Gasteiger partial charge in [-0.1, -0.05) is 0 Å². The number of carbonyl (C=O) groups is 1. The van der Waals surface area contributed by atoms with E-state index in [-0.39, 0.29) is 18.7 Å². The number of halogens is 1. The average molecular weight is 210 g/mol. The zero-order valence-electron chi connectivity index (χ0n) is 8.27. The molecule has 80 valence electrons. The van der Waals surface area contributed by atoms with Gasteiger partial charge in [-0.3, -0.25) is 9.78 Å². The monoisotopic (exact) mass is 210 g/mol. The van der Waals surface area contributed by atoms with Crippen molar-refractivity contribution in [3.63, 3.8) is 0 Å². The van der Waals surface area contributed by atoms with Crippen molar-refractivity contribution in [2.24, 2.45) is 0 Å². The summed E-state index contributed by atoms with van der Waals surface area (Å²) in [5, 5.41) is 9.45. The summed E-state index contributed by atoms with van der Waals surface area (Å²) in [7, 11) is 0. The molecule has 0 bridgehead atoms. The Morgan fingerprint density at radius 1 is 1.67 bits per heavy atom. The van der Waals surface area contributed by atoms with E-state index < -0.39 is 17.3 Å². The standard InChI is InChI=1S/C10H11FN2O2/c1-10(15)5-13(6-10)9(14)7-2-3-12-4-8(7)11/h2-4,15H,5-6H2,1H3. The fourth-order valence-electron chi connectivity index (χ4n) is 1.64. The fraction of sp³-hybridized carbons (Fsp3) is 0.400. The van der Waals surface area contributed by atoms with Gasteiger partial charge >= 0.3 is 0 Å². The molecule has 0 unspecified atom stereocenters. The molecule has 1 aromatic rings. The summed E-state index contributed by atoms with van der Waals surface area (Å²) in [6.07, 6.45) is 2.37. The number of amides is 1. The molecule has 0 aliphatic carbocycles. The van der Waals surface area contributed by atoms with Crippen LogP contribution in [-0.2, 0) is 0 Å². The Morgan fingerprint density at radius 3 is 2.87 bits per heavy atom. The summed E-state index contributed by atoms with van der Waals surface area (Å²) in [6, 6.07) is 1.34. The Labute approximate surface area is 86.4 Å². The number of carbonyl (C=O) groups excluding carboxylic acids is 1. The number of aromatic nitrogens is 1. The first-order valence-electron chi connectivity index (χ1n) is 4.61. The number of pyridine rings is 1. The fourth-order valence-corrected chi connectivity index (χ4v) is 1.64. The molecule has 1 N–H and O–H groups in total. The van der Waals surface area contributed by atoms with Crippen molar-refractivity contribution >= 4 is 5.91 Å². The average Bonchev–Trinajstić information content (AvgIpc) is 2.14. The van der Waals surface area contributed by atoms with Gasteiger partial charge in [-0.25, -0.2) is 4.39 Å². The maximum Gasteiger partial charge on any atom is 0.257 e. The van der Waals surface area contributed by atoms with E-state index >= 15 is 0 Å². The number of β-amino-alcohol motifs (C(OH)–C–C–N with tert-alkyl or cyclic N) is 1. The maximum atomic E-state index is 13.2. The third-order valence-corrected chi connectivity index (χ3v) is 2.35. The van der Waals surface area contributed by atoms with E-state index in [1.54, 1.807) is 6.92 Å². The predicted octanol–water partition coefficient (Wildman–Crippen LogP) is 0.428. The van der Waals surface area contributed by atoms with Crippen LogP contribution in [-0.4, -0.2) is 39.6 Å². The van der Waals surface area contributed by atoms with Crippen molar-refractivity contribution in [1.82, 2.24) is 9.88 Å². The molecule has 0 atom stereocenters. The number of likely N-dealkylation sites (tertiary alicyclic amines) is 1. The second-order valence-electron chi connectivity index (χ2n) is 4.01.